The number of hydrogen-bond acceptors (Lipinski definition) is 3. The van der Waals surface area contributed by atoms with E-state index in [2.05, 4.69) is 22.8 Å². The Labute approximate surface area is 112 Å². The van der Waals surface area contributed by atoms with Crippen molar-refractivity contribution in [3.8, 4) is 6.07 Å². The Morgan fingerprint density at radius 1 is 1.72 bits per heavy atom. The van der Waals surface area contributed by atoms with Crippen molar-refractivity contribution in [1.29, 1.82) is 5.26 Å². The molecule has 0 aliphatic heterocycles. The summed E-state index contributed by atoms with van der Waals surface area (Å²) in [5.74, 6) is -0.0259. The normalized spacial score (nSPS) is 19.7. The van der Waals surface area contributed by atoms with Crippen LogP contribution in [0, 0.1) is 11.3 Å². The van der Waals surface area contributed by atoms with Gasteiger partial charge in [-0.15, -0.1) is 11.3 Å². The van der Waals surface area contributed by atoms with E-state index in [1.807, 2.05) is 6.92 Å². The third-order valence-corrected chi connectivity index (χ3v) is 4.41. The summed E-state index contributed by atoms with van der Waals surface area (Å²) in [6.45, 7) is 2.02. The van der Waals surface area contributed by atoms with E-state index >= 15 is 0 Å². The van der Waals surface area contributed by atoms with E-state index in [-0.39, 0.29) is 17.9 Å². The van der Waals surface area contributed by atoms with Crippen LogP contribution in [0.5, 0.6) is 0 Å². The fourth-order valence-electron chi connectivity index (χ4n) is 2.49. The fraction of sp³-hybridized carbons (Fsp3) is 0.571. The van der Waals surface area contributed by atoms with Crippen molar-refractivity contribution in [1.82, 2.24) is 5.32 Å². The van der Waals surface area contributed by atoms with Crippen LogP contribution in [0.3, 0.4) is 0 Å². The van der Waals surface area contributed by atoms with Crippen LogP contribution in [0.1, 0.15) is 49.0 Å². The molecule has 0 fully saturated rings. The first kappa shape index (κ1) is 13.1. The second-order valence-electron chi connectivity index (χ2n) is 4.72. The fourth-order valence-corrected chi connectivity index (χ4v) is 3.48. The Morgan fingerprint density at radius 3 is 3.28 bits per heavy atom. The van der Waals surface area contributed by atoms with E-state index in [4.69, 9.17) is 5.26 Å². The standard InChI is InChI=1S/C14H18N2OS/c1-2-4-10(9-15)16-14(17)12-5-3-6-13-11(12)7-8-18-13/h7-8,10,12H,2-6H2,1H3,(H,16,17). The Kier molecular flexibility index (Phi) is 4.38. The van der Waals surface area contributed by atoms with Gasteiger partial charge in [0, 0.05) is 4.88 Å². The number of thiophene rings is 1. The predicted octanol–water partition coefficient (Wildman–Crippen LogP) is 2.98. The van der Waals surface area contributed by atoms with Gasteiger partial charge < -0.3 is 5.32 Å². The summed E-state index contributed by atoms with van der Waals surface area (Å²) in [5.41, 5.74) is 1.18. The molecule has 0 saturated carbocycles. The SMILES string of the molecule is CCCC(C#N)NC(=O)C1CCCc2sccc21. The van der Waals surface area contributed by atoms with Crippen molar-refractivity contribution < 1.29 is 4.79 Å². The maximum absolute atomic E-state index is 12.2. The van der Waals surface area contributed by atoms with Gasteiger partial charge in [-0.2, -0.15) is 5.26 Å². The molecule has 2 unspecified atom stereocenters. The second kappa shape index (κ2) is 6.01. The van der Waals surface area contributed by atoms with Crippen LogP contribution in [-0.4, -0.2) is 11.9 Å². The largest absolute Gasteiger partial charge is 0.340 e. The Morgan fingerprint density at radius 2 is 2.56 bits per heavy atom. The maximum atomic E-state index is 12.2. The molecule has 1 aliphatic rings. The quantitative estimate of drug-likeness (QED) is 0.907. The molecular weight excluding hydrogens is 244 g/mol. The summed E-state index contributed by atoms with van der Waals surface area (Å²) in [5, 5.41) is 13.9. The summed E-state index contributed by atoms with van der Waals surface area (Å²) in [4.78, 5) is 13.6. The summed E-state index contributed by atoms with van der Waals surface area (Å²) >= 11 is 1.74. The molecule has 1 N–H and O–H groups in total. The molecule has 96 valence electrons. The van der Waals surface area contributed by atoms with Gasteiger partial charge in [-0.25, -0.2) is 0 Å². The highest BCUT2D eigenvalue weighted by atomic mass is 32.1. The Bertz CT molecular complexity index is 461. The number of amides is 1. The summed E-state index contributed by atoms with van der Waals surface area (Å²) < 4.78 is 0. The number of nitriles is 1. The van der Waals surface area contributed by atoms with Crippen LogP contribution in [-0.2, 0) is 11.2 Å². The van der Waals surface area contributed by atoms with Gasteiger partial charge in [0.2, 0.25) is 5.91 Å². The van der Waals surface area contributed by atoms with Crippen LogP contribution in [0.2, 0.25) is 0 Å². The highest BCUT2D eigenvalue weighted by Gasteiger charge is 2.28. The minimum Gasteiger partial charge on any atom is -0.340 e. The number of carbonyl (C=O) groups excluding carboxylic acids is 1. The third-order valence-electron chi connectivity index (χ3n) is 3.42. The van der Waals surface area contributed by atoms with Gasteiger partial charge in [-0.1, -0.05) is 13.3 Å². The molecule has 1 aromatic heterocycles. The van der Waals surface area contributed by atoms with Gasteiger partial charge in [0.1, 0.15) is 6.04 Å². The molecule has 0 saturated heterocycles. The zero-order valence-corrected chi connectivity index (χ0v) is 11.4. The van der Waals surface area contributed by atoms with Gasteiger partial charge in [0.05, 0.1) is 12.0 Å². The van der Waals surface area contributed by atoms with E-state index in [1.165, 1.54) is 10.4 Å². The lowest BCUT2D eigenvalue weighted by Crippen LogP contribution is -2.38. The highest BCUT2D eigenvalue weighted by molar-refractivity contribution is 7.10. The van der Waals surface area contributed by atoms with E-state index in [1.54, 1.807) is 11.3 Å². The van der Waals surface area contributed by atoms with Crippen LogP contribution >= 0.6 is 11.3 Å². The number of hydrogen-bond donors (Lipinski definition) is 1. The van der Waals surface area contributed by atoms with Gasteiger partial charge in [-0.3, -0.25) is 4.79 Å². The van der Waals surface area contributed by atoms with Gasteiger partial charge >= 0.3 is 0 Å². The molecule has 2 atom stereocenters. The lowest BCUT2D eigenvalue weighted by molar-refractivity contribution is -0.123. The molecule has 1 amide bonds. The lowest BCUT2D eigenvalue weighted by atomic mass is 9.87. The Balaban J connectivity index is 2.05. The molecule has 18 heavy (non-hydrogen) atoms. The third kappa shape index (κ3) is 2.73. The smallest absolute Gasteiger partial charge is 0.228 e. The lowest BCUT2D eigenvalue weighted by Gasteiger charge is -2.23. The van der Waals surface area contributed by atoms with E-state index in [0.717, 1.165) is 32.1 Å². The topological polar surface area (TPSA) is 52.9 Å². The predicted molar refractivity (Wildman–Crippen MR) is 72.4 cm³/mol. The molecule has 4 heteroatoms. The van der Waals surface area contributed by atoms with E-state index in [0.29, 0.717) is 0 Å². The second-order valence-corrected chi connectivity index (χ2v) is 5.72. The molecule has 2 rings (SSSR count). The summed E-state index contributed by atoms with van der Waals surface area (Å²) in [6, 6.07) is 3.88. The van der Waals surface area contributed by atoms with E-state index < -0.39 is 0 Å². The number of nitrogens with zero attached hydrogens (tertiary/aromatic N) is 1. The average Bonchev–Trinajstić information content (AvgIpc) is 2.85. The van der Waals surface area contributed by atoms with Crippen molar-refractivity contribution in [2.45, 2.75) is 51.0 Å². The van der Waals surface area contributed by atoms with Crippen molar-refractivity contribution >= 4 is 17.2 Å². The summed E-state index contributed by atoms with van der Waals surface area (Å²) in [7, 11) is 0. The van der Waals surface area contributed by atoms with E-state index in [9.17, 15) is 4.79 Å². The van der Waals surface area contributed by atoms with Gasteiger partial charge in [0.15, 0.2) is 0 Å². The van der Waals surface area contributed by atoms with Crippen LogP contribution in [0.15, 0.2) is 11.4 Å². The first-order valence-electron chi connectivity index (χ1n) is 6.52. The highest BCUT2D eigenvalue weighted by Crippen LogP contribution is 2.35. The Hall–Kier alpha value is -1.34. The van der Waals surface area contributed by atoms with Crippen LogP contribution in [0.4, 0.5) is 0 Å². The van der Waals surface area contributed by atoms with Crippen molar-refractivity contribution in [3.05, 3.63) is 21.9 Å². The molecule has 1 heterocycles. The van der Waals surface area contributed by atoms with Crippen molar-refractivity contribution in [2.75, 3.05) is 0 Å². The van der Waals surface area contributed by atoms with Gasteiger partial charge in [0.25, 0.3) is 0 Å². The molecule has 0 radical (unpaired) electrons. The number of carbonyl (C=O) groups is 1. The number of aryl methyl sites for hydroxylation is 1. The minimum absolute atomic E-state index is 0.0225. The van der Waals surface area contributed by atoms with Crippen LogP contribution in [0.25, 0.3) is 0 Å². The zero-order valence-electron chi connectivity index (χ0n) is 10.6. The first-order chi connectivity index (χ1) is 8.76. The average molecular weight is 262 g/mol. The molecule has 1 aromatic rings. The van der Waals surface area contributed by atoms with Gasteiger partial charge in [-0.05, 0) is 42.7 Å². The van der Waals surface area contributed by atoms with Crippen molar-refractivity contribution in [3.63, 3.8) is 0 Å². The molecule has 1 aliphatic carbocycles. The molecule has 0 aromatic carbocycles. The number of fused-ring (bicyclic) bond motifs is 1. The first-order valence-corrected chi connectivity index (χ1v) is 7.40. The molecule has 0 bridgehead atoms. The maximum Gasteiger partial charge on any atom is 0.228 e. The number of rotatable bonds is 4. The monoisotopic (exact) mass is 262 g/mol. The molecule has 0 spiro atoms. The molecule has 3 nitrogen and oxygen atoms in total. The minimum atomic E-state index is -0.341. The number of nitrogens with one attached hydrogen (secondary N) is 1. The summed E-state index contributed by atoms with van der Waals surface area (Å²) in [6.07, 6.45) is 4.70. The van der Waals surface area contributed by atoms with Crippen LogP contribution < -0.4 is 5.32 Å². The zero-order chi connectivity index (χ0) is 13.0. The molecular formula is C14H18N2OS. The van der Waals surface area contributed by atoms with Crippen molar-refractivity contribution in [2.24, 2.45) is 0 Å².